The minimum absolute atomic E-state index is 0. The third-order valence-corrected chi connectivity index (χ3v) is 5.83. The molecule has 1 N–H and O–H groups in total. The van der Waals surface area contributed by atoms with Crippen molar-refractivity contribution in [2.45, 2.75) is 76.0 Å². The molecular weight excluding hydrogens is 411 g/mol. The Labute approximate surface area is 202 Å². The van der Waals surface area contributed by atoms with E-state index in [4.69, 9.17) is 4.74 Å². The first kappa shape index (κ1) is 27.0. The van der Waals surface area contributed by atoms with Crippen molar-refractivity contribution in [2.75, 3.05) is 0 Å². The molecule has 0 aliphatic carbocycles. The van der Waals surface area contributed by atoms with Gasteiger partial charge in [-0.05, 0) is 31.0 Å². The summed E-state index contributed by atoms with van der Waals surface area (Å²) in [5.74, 6) is -0.481. The Morgan fingerprint density at radius 2 is 1.43 bits per heavy atom. The SMILES string of the molecule is CCCCCCCCCCCc1ccc(S(=O)(=O)O)c(Oc2ccccc2)c1[O-].[Na+]. The molecule has 0 bridgehead atoms. The Morgan fingerprint density at radius 1 is 0.867 bits per heavy atom. The predicted octanol–water partition coefficient (Wildman–Crippen LogP) is 2.88. The number of benzene rings is 2. The van der Waals surface area contributed by atoms with Gasteiger partial charge in [-0.1, -0.05) is 93.9 Å². The van der Waals surface area contributed by atoms with E-state index in [1.165, 1.54) is 50.7 Å². The largest absolute Gasteiger partial charge is 1.00 e. The molecule has 0 unspecified atom stereocenters. The van der Waals surface area contributed by atoms with Gasteiger partial charge in [-0.2, -0.15) is 8.42 Å². The summed E-state index contributed by atoms with van der Waals surface area (Å²) in [5.41, 5.74) is 0.506. The molecule has 0 amide bonds. The van der Waals surface area contributed by atoms with Gasteiger partial charge in [0.1, 0.15) is 16.4 Å². The number of para-hydroxylation sites is 1. The van der Waals surface area contributed by atoms with E-state index in [0.717, 1.165) is 19.3 Å². The fourth-order valence-electron chi connectivity index (χ4n) is 3.31. The van der Waals surface area contributed by atoms with Gasteiger partial charge >= 0.3 is 29.6 Å². The fraction of sp³-hybridized carbons (Fsp3) is 0.478. The van der Waals surface area contributed by atoms with E-state index >= 15 is 0 Å². The molecule has 0 aliphatic rings. The average molecular weight is 443 g/mol. The standard InChI is InChI=1S/C23H32O5S.Na/c1-2-3-4-5-6-7-8-9-11-14-19-17-18-21(29(25,26)27)23(22(19)24)28-20-15-12-10-13-16-20;/h10,12-13,15-18,24H,2-9,11,14H2,1H3,(H,25,26,27);/q;+1/p-1. The molecule has 7 heteroatoms. The monoisotopic (exact) mass is 442 g/mol. The molecule has 0 aromatic heterocycles. The van der Waals surface area contributed by atoms with E-state index in [1.54, 1.807) is 30.3 Å². The van der Waals surface area contributed by atoms with Crippen LogP contribution in [0.3, 0.4) is 0 Å². The predicted molar refractivity (Wildman–Crippen MR) is 113 cm³/mol. The van der Waals surface area contributed by atoms with Crippen LogP contribution in [0.25, 0.3) is 0 Å². The number of unbranched alkanes of at least 4 members (excludes halogenated alkanes) is 8. The van der Waals surface area contributed by atoms with Crippen molar-refractivity contribution in [1.29, 1.82) is 0 Å². The van der Waals surface area contributed by atoms with Crippen molar-refractivity contribution in [1.82, 2.24) is 0 Å². The number of hydrogen-bond donors (Lipinski definition) is 1. The Kier molecular flexibility index (Phi) is 12.7. The summed E-state index contributed by atoms with van der Waals surface area (Å²) < 4.78 is 38.4. The second-order valence-corrected chi connectivity index (χ2v) is 8.74. The molecule has 2 aromatic carbocycles. The summed E-state index contributed by atoms with van der Waals surface area (Å²) in [6.45, 7) is 2.21. The Morgan fingerprint density at radius 3 is 2.00 bits per heavy atom. The molecule has 0 fully saturated rings. The second kappa shape index (κ2) is 14.1. The van der Waals surface area contributed by atoms with Gasteiger partial charge in [0, 0.05) is 0 Å². The minimum Gasteiger partial charge on any atom is -0.870 e. The second-order valence-electron chi connectivity index (χ2n) is 7.35. The fourth-order valence-corrected chi connectivity index (χ4v) is 3.92. The maximum Gasteiger partial charge on any atom is 1.00 e. The van der Waals surface area contributed by atoms with Gasteiger partial charge in [-0.15, -0.1) is 0 Å². The maximum absolute atomic E-state index is 12.8. The van der Waals surface area contributed by atoms with E-state index in [2.05, 4.69) is 6.92 Å². The molecule has 0 atom stereocenters. The molecule has 2 aromatic rings. The Hall–Kier alpha value is -1.05. The van der Waals surface area contributed by atoms with Gasteiger partial charge in [0.15, 0.2) is 0 Å². The first-order valence-corrected chi connectivity index (χ1v) is 11.9. The zero-order chi connectivity index (χ0) is 21.1. The van der Waals surface area contributed by atoms with Crippen molar-refractivity contribution >= 4 is 10.1 Å². The van der Waals surface area contributed by atoms with Crippen molar-refractivity contribution in [2.24, 2.45) is 0 Å². The van der Waals surface area contributed by atoms with Gasteiger partial charge in [-0.25, -0.2) is 0 Å². The van der Waals surface area contributed by atoms with Gasteiger partial charge in [0.05, 0.1) is 0 Å². The van der Waals surface area contributed by atoms with Crippen LogP contribution in [0.2, 0.25) is 0 Å². The number of aryl methyl sites for hydroxylation is 1. The Bertz CT molecular complexity index is 853. The zero-order valence-electron chi connectivity index (χ0n) is 18.1. The molecule has 2 rings (SSSR count). The van der Waals surface area contributed by atoms with E-state index in [1.807, 2.05) is 0 Å². The van der Waals surface area contributed by atoms with Crippen molar-refractivity contribution in [3.8, 4) is 17.2 Å². The van der Waals surface area contributed by atoms with E-state index in [0.29, 0.717) is 17.7 Å². The summed E-state index contributed by atoms with van der Waals surface area (Å²) in [7, 11) is -4.56. The third-order valence-electron chi connectivity index (χ3n) is 4.95. The third kappa shape index (κ3) is 8.98. The smallest absolute Gasteiger partial charge is 0.870 e. The van der Waals surface area contributed by atoms with Gasteiger partial charge in [0.2, 0.25) is 0 Å². The molecule has 160 valence electrons. The summed E-state index contributed by atoms with van der Waals surface area (Å²) in [6.07, 6.45) is 11.2. The minimum atomic E-state index is -4.56. The molecule has 0 saturated heterocycles. The van der Waals surface area contributed by atoms with E-state index in [9.17, 15) is 18.1 Å². The first-order valence-electron chi connectivity index (χ1n) is 10.5. The Balaban J connectivity index is 0.00000450. The maximum atomic E-state index is 12.8. The molecule has 30 heavy (non-hydrogen) atoms. The van der Waals surface area contributed by atoms with Crippen LogP contribution in [0.1, 0.15) is 70.3 Å². The molecule has 0 saturated carbocycles. The summed E-state index contributed by atoms with van der Waals surface area (Å²) >= 11 is 0. The van der Waals surface area contributed by atoms with Crippen LogP contribution in [0.5, 0.6) is 17.2 Å². The summed E-state index contributed by atoms with van der Waals surface area (Å²) in [5, 5.41) is 12.8. The van der Waals surface area contributed by atoms with E-state index < -0.39 is 20.8 Å². The van der Waals surface area contributed by atoms with Crippen molar-refractivity contribution < 1.29 is 52.4 Å². The van der Waals surface area contributed by atoms with Gasteiger partial charge < -0.3 is 9.84 Å². The topological polar surface area (TPSA) is 86.7 Å². The van der Waals surface area contributed by atoms with Gasteiger partial charge in [-0.3, -0.25) is 4.55 Å². The zero-order valence-corrected chi connectivity index (χ0v) is 20.9. The van der Waals surface area contributed by atoms with E-state index in [-0.39, 0.29) is 35.3 Å². The molecular formula is C23H31NaO5S. The van der Waals surface area contributed by atoms with Crippen molar-refractivity contribution in [3.63, 3.8) is 0 Å². The van der Waals surface area contributed by atoms with Crippen LogP contribution < -0.4 is 39.4 Å². The van der Waals surface area contributed by atoms with Gasteiger partial charge in [0.25, 0.3) is 10.1 Å². The van der Waals surface area contributed by atoms with Crippen LogP contribution in [0, 0.1) is 0 Å². The number of rotatable bonds is 13. The molecule has 0 heterocycles. The average Bonchev–Trinajstić information content (AvgIpc) is 2.69. The first-order chi connectivity index (χ1) is 13.9. The van der Waals surface area contributed by atoms with Crippen molar-refractivity contribution in [3.05, 3.63) is 48.0 Å². The normalized spacial score (nSPS) is 11.1. The van der Waals surface area contributed by atoms with Crippen LogP contribution in [0.4, 0.5) is 0 Å². The van der Waals surface area contributed by atoms with Crippen LogP contribution >= 0.6 is 0 Å². The summed E-state index contributed by atoms with van der Waals surface area (Å²) in [6, 6.07) is 11.2. The number of hydrogen-bond acceptors (Lipinski definition) is 4. The number of ether oxygens (including phenoxy) is 1. The molecule has 0 spiro atoms. The van der Waals surface area contributed by atoms with Crippen LogP contribution in [-0.2, 0) is 16.5 Å². The molecule has 5 nitrogen and oxygen atoms in total. The quantitative estimate of drug-likeness (QED) is 0.293. The van der Waals surface area contributed by atoms with Crippen LogP contribution in [-0.4, -0.2) is 13.0 Å². The van der Waals surface area contributed by atoms with Crippen LogP contribution in [0.15, 0.2) is 47.4 Å². The molecule has 0 radical (unpaired) electrons. The molecule has 0 aliphatic heterocycles. The summed E-state index contributed by atoms with van der Waals surface area (Å²) in [4.78, 5) is -0.498.